The molecule has 3 spiro atoms. The van der Waals surface area contributed by atoms with E-state index in [9.17, 15) is 0 Å². The lowest BCUT2D eigenvalue weighted by molar-refractivity contribution is 0.670. The minimum Gasteiger partial charge on any atom is -0.308 e. The van der Waals surface area contributed by atoms with Gasteiger partial charge in [-0.2, -0.15) is 0 Å². The zero-order valence-corrected chi connectivity index (χ0v) is 31.1. The molecule has 0 bridgehead atoms. The highest BCUT2D eigenvalue weighted by Gasteiger charge is 2.63. The number of pyridine rings is 3. The molecule has 266 valence electrons. The summed E-state index contributed by atoms with van der Waals surface area (Å²) in [7, 11) is 0. The molecule has 15 rings (SSSR count). The molecule has 0 radical (unpaired) electrons. The van der Waals surface area contributed by atoms with Crippen molar-refractivity contribution in [3.05, 3.63) is 250 Å². The minimum atomic E-state index is -0.605. The summed E-state index contributed by atoms with van der Waals surface area (Å²) in [4.78, 5) is 17.0. The molecule has 4 heteroatoms. The smallest absolute Gasteiger partial charge is 0.0755 e. The Hall–Kier alpha value is -7.43. The molecular weight excluding hydrogens is 705 g/mol. The zero-order valence-electron chi connectivity index (χ0n) is 31.1. The Balaban J connectivity index is 1.23. The highest BCUT2D eigenvalue weighted by molar-refractivity contribution is 6.07. The average Bonchev–Trinajstić information content (AvgIpc) is 3.87. The third-order valence-corrected chi connectivity index (χ3v) is 14.7. The van der Waals surface area contributed by atoms with Crippen LogP contribution in [0.2, 0.25) is 0 Å². The summed E-state index contributed by atoms with van der Waals surface area (Å²) in [6, 6.07) is 55.6. The number of benzene rings is 6. The molecular formula is C54H30N4. The van der Waals surface area contributed by atoms with Gasteiger partial charge in [0.1, 0.15) is 0 Å². The SMILES string of the molecule is c1ccc2c(c1)-c1cnccc1C21c2cccc3c2N2c4c1cccc4C1(c4ccccc4-c4cnccc41)c1cccc(c12)C31c2ccccc2-c2cnccc21. The standard InChI is InChI=1S/C54H30N4/c1-4-13-37-31(10-1)34-28-55-25-22-40(34)52(37)43-16-7-18-45-49(43)58-50-44(52)17-8-19-46(50)54(39-15-6-3-12-33(39)36-30-57-27-24-42(36)54)48-21-9-20-47(51(48)58)53(45)38-14-5-2-11-32(38)35-29-56-26-23-41(35)53/h1-30H. The molecule has 0 unspecified atom stereocenters. The fourth-order valence-electron chi connectivity index (χ4n) is 13.1. The Morgan fingerprint density at radius 2 is 0.517 bits per heavy atom. The van der Waals surface area contributed by atoms with E-state index in [-0.39, 0.29) is 0 Å². The molecule has 6 aliphatic rings. The van der Waals surface area contributed by atoms with Crippen LogP contribution in [-0.2, 0) is 16.2 Å². The lowest BCUT2D eigenvalue weighted by Gasteiger charge is -2.57. The first-order chi connectivity index (χ1) is 28.8. The molecule has 0 fully saturated rings. The monoisotopic (exact) mass is 734 g/mol. The van der Waals surface area contributed by atoms with Gasteiger partial charge in [-0.3, -0.25) is 15.0 Å². The number of rotatable bonds is 0. The van der Waals surface area contributed by atoms with E-state index in [2.05, 4.69) is 169 Å². The van der Waals surface area contributed by atoms with Crippen LogP contribution in [-0.4, -0.2) is 15.0 Å². The van der Waals surface area contributed by atoms with Crippen molar-refractivity contribution in [2.24, 2.45) is 0 Å². The zero-order chi connectivity index (χ0) is 37.5. The van der Waals surface area contributed by atoms with Crippen molar-refractivity contribution in [2.45, 2.75) is 16.2 Å². The second-order valence-electron chi connectivity index (χ2n) is 16.6. The first-order valence-electron chi connectivity index (χ1n) is 20.2. The quantitative estimate of drug-likeness (QED) is 0.156. The topological polar surface area (TPSA) is 41.9 Å². The maximum atomic E-state index is 4.76. The highest BCUT2D eigenvalue weighted by Crippen LogP contribution is 2.75. The third kappa shape index (κ3) is 2.84. The van der Waals surface area contributed by atoms with Crippen LogP contribution in [0.3, 0.4) is 0 Å². The Bertz CT molecular complexity index is 2830. The number of hydrogen-bond donors (Lipinski definition) is 0. The van der Waals surface area contributed by atoms with Crippen LogP contribution in [0, 0.1) is 0 Å². The van der Waals surface area contributed by atoms with Crippen LogP contribution < -0.4 is 4.90 Å². The molecule has 0 N–H and O–H groups in total. The number of fused-ring (bicyclic) bond motifs is 21. The third-order valence-electron chi connectivity index (χ3n) is 14.7. The van der Waals surface area contributed by atoms with Gasteiger partial charge in [0, 0.05) is 53.9 Å². The maximum absolute atomic E-state index is 4.76. The van der Waals surface area contributed by atoms with Gasteiger partial charge in [-0.1, -0.05) is 127 Å². The van der Waals surface area contributed by atoms with E-state index < -0.39 is 16.2 Å². The van der Waals surface area contributed by atoms with E-state index in [0.29, 0.717) is 0 Å². The summed E-state index contributed by atoms with van der Waals surface area (Å²) in [6.45, 7) is 0. The van der Waals surface area contributed by atoms with Gasteiger partial charge in [0.25, 0.3) is 0 Å². The molecule has 0 saturated heterocycles. The van der Waals surface area contributed by atoms with Crippen molar-refractivity contribution in [3.8, 4) is 33.4 Å². The first kappa shape index (κ1) is 29.8. The van der Waals surface area contributed by atoms with Crippen molar-refractivity contribution >= 4 is 17.1 Å². The Kier molecular flexibility index (Phi) is 5.01. The van der Waals surface area contributed by atoms with Crippen LogP contribution in [0.15, 0.2) is 183 Å². The van der Waals surface area contributed by atoms with E-state index >= 15 is 0 Å². The number of para-hydroxylation sites is 3. The molecule has 0 amide bonds. The van der Waals surface area contributed by atoms with Crippen LogP contribution in [0.1, 0.15) is 66.8 Å². The highest BCUT2D eigenvalue weighted by atomic mass is 15.2. The minimum absolute atomic E-state index is 0.605. The predicted molar refractivity (Wildman–Crippen MR) is 227 cm³/mol. The van der Waals surface area contributed by atoms with Crippen molar-refractivity contribution in [3.63, 3.8) is 0 Å². The van der Waals surface area contributed by atoms with Crippen molar-refractivity contribution in [1.29, 1.82) is 0 Å². The van der Waals surface area contributed by atoms with Crippen LogP contribution in [0.25, 0.3) is 33.4 Å². The molecule has 4 nitrogen and oxygen atoms in total. The molecule has 6 heterocycles. The van der Waals surface area contributed by atoms with Gasteiger partial charge < -0.3 is 4.90 Å². The van der Waals surface area contributed by atoms with Gasteiger partial charge in [0.2, 0.25) is 0 Å². The molecule has 3 aromatic heterocycles. The second-order valence-corrected chi connectivity index (χ2v) is 16.6. The normalized spacial score (nSPS) is 21.6. The van der Waals surface area contributed by atoms with E-state index in [1.165, 1.54) is 117 Å². The summed E-state index contributed by atoms with van der Waals surface area (Å²) < 4.78 is 0. The summed E-state index contributed by atoms with van der Waals surface area (Å²) in [5.74, 6) is 0. The van der Waals surface area contributed by atoms with Crippen molar-refractivity contribution < 1.29 is 0 Å². The van der Waals surface area contributed by atoms with E-state index in [1.54, 1.807) is 0 Å². The lowest BCUT2D eigenvalue weighted by atomic mass is 9.54. The molecule has 3 aliphatic heterocycles. The molecule has 0 saturated carbocycles. The fraction of sp³-hybridized carbons (Fsp3) is 0.0556. The van der Waals surface area contributed by atoms with Crippen LogP contribution >= 0.6 is 0 Å². The molecule has 6 aromatic carbocycles. The Morgan fingerprint density at radius 1 is 0.259 bits per heavy atom. The maximum Gasteiger partial charge on any atom is 0.0755 e. The lowest BCUT2D eigenvalue weighted by Crippen LogP contribution is -2.48. The number of nitrogens with zero attached hydrogens (tertiary/aromatic N) is 4. The second kappa shape index (κ2) is 9.74. The van der Waals surface area contributed by atoms with Crippen molar-refractivity contribution in [1.82, 2.24) is 15.0 Å². The number of hydrogen-bond acceptors (Lipinski definition) is 4. The summed E-state index contributed by atoms with van der Waals surface area (Å²) >= 11 is 0. The first-order valence-corrected chi connectivity index (χ1v) is 20.2. The van der Waals surface area contributed by atoms with Crippen molar-refractivity contribution in [2.75, 3.05) is 4.90 Å². The Labute approximate surface area is 334 Å². The summed E-state index contributed by atoms with van der Waals surface area (Å²) in [5, 5.41) is 0. The van der Waals surface area contributed by atoms with Gasteiger partial charge in [-0.25, -0.2) is 0 Å². The Morgan fingerprint density at radius 3 is 0.828 bits per heavy atom. The van der Waals surface area contributed by atoms with E-state index in [0.717, 1.165) is 0 Å². The van der Waals surface area contributed by atoms with Gasteiger partial charge >= 0.3 is 0 Å². The fourth-order valence-corrected chi connectivity index (χ4v) is 13.1. The largest absolute Gasteiger partial charge is 0.308 e. The summed E-state index contributed by atoms with van der Waals surface area (Å²) in [5.41, 5.74) is 24.9. The van der Waals surface area contributed by atoms with Crippen LogP contribution in [0.5, 0.6) is 0 Å². The van der Waals surface area contributed by atoms with E-state index in [4.69, 9.17) is 15.0 Å². The molecule has 3 aliphatic carbocycles. The summed E-state index contributed by atoms with van der Waals surface area (Å²) in [6.07, 6.45) is 12.2. The van der Waals surface area contributed by atoms with Crippen LogP contribution in [0.4, 0.5) is 17.1 Å². The van der Waals surface area contributed by atoms with E-state index in [1.807, 2.05) is 18.6 Å². The van der Waals surface area contributed by atoms with Gasteiger partial charge in [0.15, 0.2) is 0 Å². The van der Waals surface area contributed by atoms with Gasteiger partial charge in [-0.15, -0.1) is 0 Å². The number of aromatic nitrogens is 3. The molecule has 9 aromatic rings. The number of anilines is 3. The molecule has 58 heavy (non-hydrogen) atoms. The van der Waals surface area contributed by atoms with Gasteiger partial charge in [-0.05, 0) is 102 Å². The average molecular weight is 735 g/mol. The van der Waals surface area contributed by atoms with Gasteiger partial charge in [0.05, 0.1) is 33.3 Å². The molecule has 0 atom stereocenters. The predicted octanol–water partition coefficient (Wildman–Crippen LogP) is 11.4.